The number of carbonyl (C=O) groups excluding carboxylic acids is 1. The summed E-state index contributed by atoms with van der Waals surface area (Å²) in [7, 11) is -3.12. The molecule has 1 atom stereocenters. The summed E-state index contributed by atoms with van der Waals surface area (Å²) in [6.07, 6.45) is 1.72. The zero-order valence-corrected chi connectivity index (χ0v) is 11.3. The van der Waals surface area contributed by atoms with Gasteiger partial charge in [-0.15, -0.1) is 0 Å². The summed E-state index contributed by atoms with van der Waals surface area (Å²) in [5, 5.41) is -0.523. The number of Topliss-reactive ketones (excluding diaryl/α,β-unsaturated/α-hetero) is 1. The third kappa shape index (κ3) is 1.71. The first-order chi connectivity index (χ1) is 7.75. The Bertz CT molecular complexity index is 601. The Labute approximate surface area is 102 Å². The molecule has 2 aliphatic rings. The molecule has 0 spiro atoms. The minimum Gasteiger partial charge on any atom is -0.295 e. The molecule has 0 aromatic rings. The van der Waals surface area contributed by atoms with Crippen LogP contribution in [0.2, 0.25) is 0 Å². The number of fused-ring (bicyclic) bond motifs is 1. The van der Waals surface area contributed by atoms with E-state index < -0.39 is 15.1 Å². The Morgan fingerprint density at radius 2 is 1.88 bits per heavy atom. The van der Waals surface area contributed by atoms with E-state index in [1.165, 1.54) is 6.92 Å². The summed E-state index contributed by atoms with van der Waals surface area (Å²) < 4.78 is 24.1. The van der Waals surface area contributed by atoms with Crippen molar-refractivity contribution in [3.8, 4) is 0 Å². The highest BCUT2D eigenvalue weighted by Gasteiger charge is 2.41. The van der Waals surface area contributed by atoms with Crippen LogP contribution in [0.25, 0.3) is 0 Å². The van der Waals surface area contributed by atoms with Crippen LogP contribution in [0.5, 0.6) is 0 Å². The molecule has 0 N–H and O–H groups in total. The van der Waals surface area contributed by atoms with Gasteiger partial charge in [-0.1, -0.05) is 17.2 Å². The SMILES string of the molecule is CC(=O)C1=C(C)C2=C(C)CS(=O)(=O)C2C(C)=C1. The third-order valence-corrected chi connectivity index (χ3v) is 5.63. The van der Waals surface area contributed by atoms with E-state index in [1.807, 2.05) is 13.8 Å². The van der Waals surface area contributed by atoms with Crippen LogP contribution in [-0.4, -0.2) is 25.2 Å². The maximum atomic E-state index is 12.0. The van der Waals surface area contributed by atoms with Crippen molar-refractivity contribution in [1.29, 1.82) is 0 Å². The van der Waals surface area contributed by atoms with Crippen LogP contribution >= 0.6 is 0 Å². The monoisotopic (exact) mass is 252 g/mol. The molecule has 0 amide bonds. The predicted octanol–water partition coefficient (Wildman–Crippen LogP) is 1.97. The molecule has 0 fully saturated rings. The minimum atomic E-state index is -3.12. The second-order valence-corrected chi connectivity index (χ2v) is 6.95. The van der Waals surface area contributed by atoms with E-state index in [4.69, 9.17) is 0 Å². The summed E-state index contributed by atoms with van der Waals surface area (Å²) in [5.74, 6) is 0.102. The van der Waals surface area contributed by atoms with Gasteiger partial charge in [-0.05, 0) is 38.8 Å². The van der Waals surface area contributed by atoms with Crippen LogP contribution in [0.3, 0.4) is 0 Å². The van der Waals surface area contributed by atoms with E-state index >= 15 is 0 Å². The maximum Gasteiger partial charge on any atom is 0.164 e. The lowest BCUT2D eigenvalue weighted by atomic mass is 9.85. The summed E-state index contributed by atoms with van der Waals surface area (Å²) >= 11 is 0. The van der Waals surface area contributed by atoms with E-state index in [0.29, 0.717) is 5.57 Å². The number of hydrogen-bond acceptors (Lipinski definition) is 3. The van der Waals surface area contributed by atoms with Gasteiger partial charge in [0.05, 0.1) is 5.75 Å². The second-order valence-electron chi connectivity index (χ2n) is 4.86. The van der Waals surface area contributed by atoms with E-state index in [1.54, 1.807) is 13.0 Å². The van der Waals surface area contributed by atoms with E-state index in [-0.39, 0.29) is 11.5 Å². The molecule has 0 saturated heterocycles. The highest BCUT2D eigenvalue weighted by atomic mass is 32.2. The van der Waals surface area contributed by atoms with Crippen LogP contribution in [0.15, 0.2) is 33.9 Å². The molecule has 17 heavy (non-hydrogen) atoms. The van der Waals surface area contributed by atoms with Gasteiger partial charge in [0.25, 0.3) is 0 Å². The standard InChI is InChI=1S/C13H16O3S/c1-7-5-11(10(4)14)9(3)12-8(2)6-17(15,16)13(7)12/h5,13H,6H2,1-4H3. The van der Waals surface area contributed by atoms with Gasteiger partial charge in [0.15, 0.2) is 15.6 Å². The molecule has 3 nitrogen and oxygen atoms in total. The van der Waals surface area contributed by atoms with Crippen molar-refractivity contribution in [3.63, 3.8) is 0 Å². The van der Waals surface area contributed by atoms with E-state index in [0.717, 1.165) is 22.3 Å². The second kappa shape index (κ2) is 3.67. The lowest BCUT2D eigenvalue weighted by molar-refractivity contribution is -0.113. The Balaban J connectivity index is 2.72. The number of carbonyl (C=O) groups is 1. The number of rotatable bonds is 1. The summed E-state index contributed by atoms with van der Waals surface area (Å²) in [5.41, 5.74) is 3.94. The van der Waals surface area contributed by atoms with Crippen molar-refractivity contribution in [2.45, 2.75) is 32.9 Å². The van der Waals surface area contributed by atoms with Crippen molar-refractivity contribution in [2.24, 2.45) is 0 Å². The molecule has 4 heteroatoms. The molecule has 0 saturated carbocycles. The van der Waals surface area contributed by atoms with E-state index in [9.17, 15) is 13.2 Å². The fourth-order valence-corrected chi connectivity index (χ4v) is 5.11. The molecule has 1 aliphatic carbocycles. The van der Waals surface area contributed by atoms with Crippen molar-refractivity contribution in [2.75, 3.05) is 5.75 Å². The summed E-state index contributed by atoms with van der Waals surface area (Å²) in [6, 6.07) is 0. The van der Waals surface area contributed by atoms with Gasteiger partial charge in [0.1, 0.15) is 5.25 Å². The first-order valence-electron chi connectivity index (χ1n) is 5.57. The third-order valence-electron chi connectivity index (χ3n) is 3.47. The van der Waals surface area contributed by atoms with Gasteiger partial charge in [-0.2, -0.15) is 0 Å². The fourth-order valence-electron chi connectivity index (χ4n) is 2.82. The maximum absolute atomic E-state index is 12.0. The van der Waals surface area contributed by atoms with Gasteiger partial charge >= 0.3 is 0 Å². The lowest BCUT2D eigenvalue weighted by Gasteiger charge is -2.23. The first-order valence-corrected chi connectivity index (χ1v) is 7.29. The molecule has 0 aromatic carbocycles. The highest BCUT2D eigenvalue weighted by molar-refractivity contribution is 7.93. The van der Waals surface area contributed by atoms with Crippen molar-refractivity contribution >= 4 is 15.6 Å². The van der Waals surface area contributed by atoms with Gasteiger partial charge in [0, 0.05) is 5.57 Å². The summed E-state index contributed by atoms with van der Waals surface area (Å²) in [6.45, 7) is 6.98. The van der Waals surface area contributed by atoms with Crippen LogP contribution in [0.4, 0.5) is 0 Å². The molecule has 2 rings (SSSR count). The van der Waals surface area contributed by atoms with Crippen molar-refractivity contribution < 1.29 is 13.2 Å². The predicted molar refractivity (Wildman–Crippen MR) is 67.4 cm³/mol. The average Bonchev–Trinajstić information content (AvgIpc) is 2.42. The molecule has 92 valence electrons. The zero-order valence-electron chi connectivity index (χ0n) is 10.5. The number of allylic oxidation sites excluding steroid dienone is 3. The fraction of sp³-hybridized carbons (Fsp3) is 0.462. The topological polar surface area (TPSA) is 51.2 Å². The number of sulfone groups is 1. The minimum absolute atomic E-state index is 0.00935. The van der Waals surface area contributed by atoms with Crippen LogP contribution < -0.4 is 0 Å². The molecule has 1 aliphatic heterocycles. The smallest absolute Gasteiger partial charge is 0.164 e. The first kappa shape index (κ1) is 12.3. The van der Waals surface area contributed by atoms with Gasteiger partial charge in [-0.25, -0.2) is 8.42 Å². The van der Waals surface area contributed by atoms with E-state index in [2.05, 4.69) is 0 Å². The zero-order chi connectivity index (χ0) is 13.0. The number of ketones is 1. The quantitative estimate of drug-likeness (QED) is 0.717. The van der Waals surface area contributed by atoms with Gasteiger partial charge in [-0.3, -0.25) is 4.79 Å². The molecule has 1 unspecified atom stereocenters. The molecular weight excluding hydrogens is 236 g/mol. The van der Waals surface area contributed by atoms with Gasteiger partial charge in [0.2, 0.25) is 0 Å². The lowest BCUT2D eigenvalue weighted by Crippen LogP contribution is -2.25. The van der Waals surface area contributed by atoms with Crippen LogP contribution in [0, 0.1) is 0 Å². The Morgan fingerprint density at radius 3 is 2.41 bits per heavy atom. The Morgan fingerprint density at radius 1 is 1.29 bits per heavy atom. The normalized spacial score (nSPS) is 27.1. The van der Waals surface area contributed by atoms with Crippen molar-refractivity contribution in [1.82, 2.24) is 0 Å². The number of hydrogen-bond donors (Lipinski definition) is 0. The van der Waals surface area contributed by atoms with Crippen molar-refractivity contribution in [3.05, 3.63) is 33.9 Å². The van der Waals surface area contributed by atoms with Crippen LogP contribution in [-0.2, 0) is 14.6 Å². The summed E-state index contributed by atoms with van der Waals surface area (Å²) in [4.78, 5) is 11.5. The molecule has 0 aromatic heterocycles. The largest absolute Gasteiger partial charge is 0.295 e. The Hall–Kier alpha value is -1.16. The molecule has 0 bridgehead atoms. The van der Waals surface area contributed by atoms with Crippen LogP contribution in [0.1, 0.15) is 27.7 Å². The molecular formula is C13H16O3S. The molecule has 0 radical (unpaired) electrons. The molecule has 1 heterocycles. The Kier molecular flexibility index (Phi) is 2.65. The highest BCUT2D eigenvalue weighted by Crippen LogP contribution is 2.40. The average molecular weight is 252 g/mol. The van der Waals surface area contributed by atoms with Gasteiger partial charge < -0.3 is 0 Å².